The number of aryl methyl sites for hydroxylation is 1. The zero-order valence-corrected chi connectivity index (χ0v) is 12.6. The van der Waals surface area contributed by atoms with E-state index in [1.165, 1.54) is 50.8 Å². The third kappa shape index (κ3) is 8.66. The lowest BCUT2D eigenvalue weighted by Crippen LogP contribution is -2.16. The highest BCUT2D eigenvalue weighted by molar-refractivity contribution is 5.26. The summed E-state index contributed by atoms with van der Waals surface area (Å²) < 4.78 is 5.71. The second-order valence-electron chi connectivity index (χ2n) is 5.18. The number of nitrogens with one attached hydrogen (secondary N) is 1. The summed E-state index contributed by atoms with van der Waals surface area (Å²) >= 11 is 0. The van der Waals surface area contributed by atoms with Crippen molar-refractivity contribution in [2.45, 2.75) is 52.4 Å². The van der Waals surface area contributed by atoms with Crippen molar-refractivity contribution >= 4 is 0 Å². The van der Waals surface area contributed by atoms with Gasteiger partial charge in [0.25, 0.3) is 0 Å². The zero-order chi connectivity index (χ0) is 13.8. The first-order valence-electron chi connectivity index (χ1n) is 7.73. The fourth-order valence-electron chi connectivity index (χ4n) is 1.96. The van der Waals surface area contributed by atoms with E-state index in [-0.39, 0.29) is 0 Å². The summed E-state index contributed by atoms with van der Waals surface area (Å²) in [6.45, 7) is 7.51. The van der Waals surface area contributed by atoms with E-state index in [9.17, 15) is 0 Å². The predicted octanol–water partition coefficient (Wildman–Crippen LogP) is 4.32. The Balaban J connectivity index is 1.87. The lowest BCUT2D eigenvalue weighted by Gasteiger charge is -2.06. The van der Waals surface area contributed by atoms with Gasteiger partial charge in [-0.05, 0) is 51.4 Å². The minimum atomic E-state index is 0.840. The SMILES string of the molecule is CCCCNCCCCCCOc1ccc(C)cc1. The van der Waals surface area contributed by atoms with Gasteiger partial charge in [0.2, 0.25) is 0 Å². The lowest BCUT2D eigenvalue weighted by molar-refractivity contribution is 0.304. The van der Waals surface area contributed by atoms with Crippen LogP contribution in [0.5, 0.6) is 5.75 Å². The summed E-state index contributed by atoms with van der Waals surface area (Å²) in [5.41, 5.74) is 1.28. The lowest BCUT2D eigenvalue weighted by atomic mass is 10.2. The van der Waals surface area contributed by atoms with Crippen LogP contribution in [0.4, 0.5) is 0 Å². The molecule has 0 saturated carbocycles. The number of benzene rings is 1. The molecule has 0 fully saturated rings. The number of ether oxygens (including phenoxy) is 1. The van der Waals surface area contributed by atoms with Crippen LogP contribution in [0.15, 0.2) is 24.3 Å². The molecule has 1 N–H and O–H groups in total. The van der Waals surface area contributed by atoms with Crippen LogP contribution in [0.2, 0.25) is 0 Å². The van der Waals surface area contributed by atoms with Gasteiger partial charge in [0.05, 0.1) is 6.61 Å². The maximum Gasteiger partial charge on any atom is 0.119 e. The van der Waals surface area contributed by atoms with Crippen LogP contribution < -0.4 is 10.1 Å². The van der Waals surface area contributed by atoms with Crippen LogP contribution in [0.3, 0.4) is 0 Å². The van der Waals surface area contributed by atoms with E-state index < -0.39 is 0 Å². The molecule has 2 nitrogen and oxygen atoms in total. The van der Waals surface area contributed by atoms with Gasteiger partial charge in [0, 0.05) is 0 Å². The molecule has 108 valence electrons. The average molecular weight is 263 g/mol. The molecule has 0 spiro atoms. The first-order chi connectivity index (χ1) is 9.33. The van der Waals surface area contributed by atoms with Crippen LogP contribution in [0.1, 0.15) is 51.0 Å². The average Bonchev–Trinajstić information content (AvgIpc) is 2.43. The molecule has 1 aromatic carbocycles. The van der Waals surface area contributed by atoms with E-state index in [0.29, 0.717) is 0 Å². The highest BCUT2D eigenvalue weighted by atomic mass is 16.5. The maximum absolute atomic E-state index is 5.71. The number of rotatable bonds is 11. The van der Waals surface area contributed by atoms with Crippen LogP contribution in [0.25, 0.3) is 0 Å². The molecule has 0 aliphatic rings. The number of hydrogen-bond acceptors (Lipinski definition) is 2. The smallest absolute Gasteiger partial charge is 0.119 e. The van der Waals surface area contributed by atoms with Gasteiger partial charge in [-0.3, -0.25) is 0 Å². The molecule has 0 radical (unpaired) electrons. The van der Waals surface area contributed by atoms with Crippen molar-refractivity contribution in [3.8, 4) is 5.75 Å². The van der Waals surface area contributed by atoms with Crippen molar-refractivity contribution in [3.05, 3.63) is 29.8 Å². The van der Waals surface area contributed by atoms with Crippen molar-refractivity contribution in [2.75, 3.05) is 19.7 Å². The summed E-state index contributed by atoms with van der Waals surface area (Å²) in [6, 6.07) is 8.29. The third-order valence-corrected chi connectivity index (χ3v) is 3.24. The molecule has 19 heavy (non-hydrogen) atoms. The molecule has 0 aromatic heterocycles. The quantitative estimate of drug-likeness (QED) is 0.600. The molecule has 0 saturated heterocycles. The third-order valence-electron chi connectivity index (χ3n) is 3.24. The molecule has 0 aliphatic carbocycles. The van der Waals surface area contributed by atoms with Crippen LogP contribution in [-0.4, -0.2) is 19.7 Å². The Labute approximate surface area is 118 Å². The molecule has 0 aliphatic heterocycles. The fourth-order valence-corrected chi connectivity index (χ4v) is 1.96. The Morgan fingerprint density at radius 3 is 2.32 bits per heavy atom. The van der Waals surface area contributed by atoms with Gasteiger partial charge >= 0.3 is 0 Å². The molecule has 1 rings (SSSR count). The van der Waals surface area contributed by atoms with Crippen molar-refractivity contribution < 1.29 is 4.74 Å². The molecule has 0 bridgehead atoms. The van der Waals surface area contributed by atoms with E-state index in [2.05, 4.69) is 31.3 Å². The zero-order valence-electron chi connectivity index (χ0n) is 12.6. The second-order valence-corrected chi connectivity index (χ2v) is 5.18. The van der Waals surface area contributed by atoms with E-state index >= 15 is 0 Å². The van der Waals surface area contributed by atoms with Gasteiger partial charge in [-0.15, -0.1) is 0 Å². The van der Waals surface area contributed by atoms with Crippen LogP contribution >= 0.6 is 0 Å². The first kappa shape index (κ1) is 16.0. The van der Waals surface area contributed by atoms with Crippen LogP contribution in [0, 0.1) is 6.92 Å². The Hall–Kier alpha value is -1.02. The maximum atomic E-state index is 5.71. The molecule has 0 atom stereocenters. The van der Waals surface area contributed by atoms with Crippen molar-refractivity contribution in [1.29, 1.82) is 0 Å². The first-order valence-corrected chi connectivity index (χ1v) is 7.73. The Morgan fingerprint density at radius 2 is 1.58 bits per heavy atom. The molecule has 0 unspecified atom stereocenters. The van der Waals surface area contributed by atoms with Crippen molar-refractivity contribution in [3.63, 3.8) is 0 Å². The summed E-state index contributed by atoms with van der Waals surface area (Å²) in [6.07, 6.45) is 7.59. The Bertz CT molecular complexity index is 308. The van der Waals surface area contributed by atoms with Gasteiger partial charge in [-0.25, -0.2) is 0 Å². The normalized spacial score (nSPS) is 10.6. The number of hydrogen-bond donors (Lipinski definition) is 1. The van der Waals surface area contributed by atoms with Gasteiger partial charge in [-0.2, -0.15) is 0 Å². The summed E-state index contributed by atoms with van der Waals surface area (Å²) in [7, 11) is 0. The fraction of sp³-hybridized carbons (Fsp3) is 0.647. The molecule has 0 amide bonds. The van der Waals surface area contributed by atoms with E-state index in [1.54, 1.807) is 0 Å². The second kappa shape index (κ2) is 10.9. The van der Waals surface area contributed by atoms with Gasteiger partial charge in [0.15, 0.2) is 0 Å². The molecular weight excluding hydrogens is 234 g/mol. The largest absolute Gasteiger partial charge is 0.494 e. The van der Waals surface area contributed by atoms with Gasteiger partial charge < -0.3 is 10.1 Å². The Morgan fingerprint density at radius 1 is 0.895 bits per heavy atom. The summed E-state index contributed by atoms with van der Waals surface area (Å²) in [4.78, 5) is 0. The molecule has 0 heterocycles. The van der Waals surface area contributed by atoms with Crippen LogP contribution in [-0.2, 0) is 0 Å². The molecule has 2 heteroatoms. The highest BCUT2D eigenvalue weighted by Gasteiger charge is 1.94. The van der Waals surface area contributed by atoms with E-state index in [1.807, 2.05) is 12.1 Å². The summed E-state index contributed by atoms with van der Waals surface area (Å²) in [5.74, 6) is 0.992. The van der Waals surface area contributed by atoms with Gasteiger partial charge in [-0.1, -0.05) is 43.9 Å². The predicted molar refractivity (Wildman–Crippen MR) is 82.9 cm³/mol. The highest BCUT2D eigenvalue weighted by Crippen LogP contribution is 2.12. The van der Waals surface area contributed by atoms with E-state index in [4.69, 9.17) is 4.74 Å². The summed E-state index contributed by atoms with van der Waals surface area (Å²) in [5, 5.41) is 3.48. The molecular formula is C17H29NO. The number of unbranched alkanes of at least 4 members (excludes halogenated alkanes) is 4. The van der Waals surface area contributed by atoms with E-state index in [0.717, 1.165) is 18.8 Å². The Kier molecular flexibility index (Phi) is 9.17. The standard InChI is InChI=1S/C17H29NO/c1-3-4-13-18-14-7-5-6-8-15-19-17-11-9-16(2)10-12-17/h9-12,18H,3-8,13-15H2,1-2H3. The van der Waals surface area contributed by atoms with Gasteiger partial charge in [0.1, 0.15) is 5.75 Å². The van der Waals surface area contributed by atoms with Crippen molar-refractivity contribution in [2.24, 2.45) is 0 Å². The van der Waals surface area contributed by atoms with Crippen molar-refractivity contribution in [1.82, 2.24) is 5.32 Å². The topological polar surface area (TPSA) is 21.3 Å². The monoisotopic (exact) mass is 263 g/mol. The minimum Gasteiger partial charge on any atom is -0.494 e. The molecule has 1 aromatic rings. The minimum absolute atomic E-state index is 0.840.